The topological polar surface area (TPSA) is 72.1 Å². The fraction of sp³-hybridized carbons (Fsp3) is 0.400. The van der Waals surface area contributed by atoms with Crippen LogP contribution in [-0.4, -0.2) is 32.5 Å². The first kappa shape index (κ1) is 16.7. The Hall–Kier alpha value is -2.76. The zero-order chi connectivity index (χ0) is 18.1. The molecule has 134 valence electrons. The molecule has 1 atom stereocenters. The molecule has 6 heteroatoms. The van der Waals surface area contributed by atoms with Crippen LogP contribution >= 0.6 is 0 Å². The van der Waals surface area contributed by atoms with Crippen LogP contribution in [0.2, 0.25) is 0 Å². The van der Waals surface area contributed by atoms with Gasteiger partial charge in [-0.15, -0.1) is 0 Å². The molecule has 0 spiro atoms. The lowest BCUT2D eigenvalue weighted by molar-refractivity contribution is 0.0682. The molecule has 3 aromatic rings. The van der Waals surface area contributed by atoms with Crippen molar-refractivity contribution in [3.63, 3.8) is 0 Å². The van der Waals surface area contributed by atoms with E-state index in [2.05, 4.69) is 15.1 Å². The number of amides is 1. The summed E-state index contributed by atoms with van der Waals surface area (Å²) in [5.74, 6) is 0.0236. The summed E-state index contributed by atoms with van der Waals surface area (Å²) in [4.78, 5) is 24.1. The highest BCUT2D eigenvalue weighted by Gasteiger charge is 2.30. The molecule has 4 heterocycles. The second-order valence-corrected chi connectivity index (χ2v) is 6.90. The molecule has 0 radical (unpaired) electrons. The summed E-state index contributed by atoms with van der Waals surface area (Å²) in [6.07, 6.45) is 7.83. The van der Waals surface area contributed by atoms with Crippen LogP contribution < -0.4 is 0 Å². The van der Waals surface area contributed by atoms with E-state index in [1.807, 2.05) is 36.9 Å². The Morgan fingerprint density at radius 3 is 2.81 bits per heavy atom. The van der Waals surface area contributed by atoms with Crippen LogP contribution in [0.1, 0.15) is 59.0 Å². The SMILES string of the molecule is Cc1cc(C(=O)N2CCCCCC2c2ccncc2)c2c(C)noc2n1. The summed E-state index contributed by atoms with van der Waals surface area (Å²) in [5.41, 5.74) is 3.66. The van der Waals surface area contributed by atoms with E-state index in [0.29, 0.717) is 17.0 Å². The third-order valence-electron chi connectivity index (χ3n) is 5.08. The predicted octanol–water partition coefficient (Wildman–Crippen LogP) is 3.99. The zero-order valence-electron chi connectivity index (χ0n) is 15.1. The summed E-state index contributed by atoms with van der Waals surface area (Å²) in [6.45, 7) is 4.47. The maximum absolute atomic E-state index is 13.6. The monoisotopic (exact) mass is 350 g/mol. The number of pyridine rings is 2. The molecule has 1 aliphatic rings. The second kappa shape index (κ2) is 6.86. The number of fused-ring (bicyclic) bond motifs is 1. The van der Waals surface area contributed by atoms with Crippen LogP contribution in [0, 0.1) is 13.8 Å². The van der Waals surface area contributed by atoms with E-state index in [4.69, 9.17) is 4.52 Å². The van der Waals surface area contributed by atoms with Crippen molar-refractivity contribution in [2.24, 2.45) is 0 Å². The first-order chi connectivity index (χ1) is 12.6. The van der Waals surface area contributed by atoms with Gasteiger partial charge in [0.05, 0.1) is 22.7 Å². The lowest BCUT2D eigenvalue weighted by Gasteiger charge is -2.30. The molecule has 6 nitrogen and oxygen atoms in total. The molecular formula is C20H22N4O2. The lowest BCUT2D eigenvalue weighted by Crippen LogP contribution is -2.35. The number of carbonyl (C=O) groups is 1. The van der Waals surface area contributed by atoms with Crippen molar-refractivity contribution in [2.45, 2.75) is 45.6 Å². The molecule has 0 N–H and O–H groups in total. The number of aryl methyl sites for hydroxylation is 2. The summed E-state index contributed by atoms with van der Waals surface area (Å²) < 4.78 is 5.30. The van der Waals surface area contributed by atoms with Crippen LogP contribution in [0.25, 0.3) is 11.1 Å². The second-order valence-electron chi connectivity index (χ2n) is 6.90. The quantitative estimate of drug-likeness (QED) is 0.699. The molecule has 1 aliphatic heterocycles. The third kappa shape index (κ3) is 2.96. The molecule has 1 fully saturated rings. The minimum absolute atomic E-state index is 0.0236. The van der Waals surface area contributed by atoms with Gasteiger partial charge in [0, 0.05) is 24.6 Å². The van der Waals surface area contributed by atoms with Crippen LogP contribution in [0.3, 0.4) is 0 Å². The molecule has 1 amide bonds. The Labute approximate surface area is 152 Å². The standard InChI is InChI=1S/C20H22N4O2/c1-13-12-16(18-14(2)23-26-19(18)22-13)20(25)24-11-5-3-4-6-17(24)15-7-9-21-10-8-15/h7-10,12,17H,3-6,11H2,1-2H3. The number of nitrogens with zero attached hydrogens (tertiary/aromatic N) is 4. The number of hydrogen-bond acceptors (Lipinski definition) is 5. The smallest absolute Gasteiger partial charge is 0.258 e. The van der Waals surface area contributed by atoms with E-state index < -0.39 is 0 Å². The Balaban J connectivity index is 1.79. The number of rotatable bonds is 2. The predicted molar refractivity (Wildman–Crippen MR) is 97.8 cm³/mol. The lowest BCUT2D eigenvalue weighted by atomic mass is 10.0. The molecule has 1 saturated heterocycles. The van der Waals surface area contributed by atoms with Crippen molar-refractivity contribution >= 4 is 17.0 Å². The van der Waals surface area contributed by atoms with Crippen LogP contribution in [-0.2, 0) is 0 Å². The Morgan fingerprint density at radius 2 is 2.00 bits per heavy atom. The van der Waals surface area contributed by atoms with E-state index in [9.17, 15) is 4.79 Å². The van der Waals surface area contributed by atoms with E-state index >= 15 is 0 Å². The maximum Gasteiger partial charge on any atom is 0.258 e. The highest BCUT2D eigenvalue weighted by atomic mass is 16.5. The highest BCUT2D eigenvalue weighted by Crippen LogP contribution is 2.33. The van der Waals surface area contributed by atoms with Gasteiger partial charge in [-0.2, -0.15) is 0 Å². The Kier molecular flexibility index (Phi) is 4.41. The molecule has 0 saturated carbocycles. The molecule has 0 bridgehead atoms. The zero-order valence-corrected chi connectivity index (χ0v) is 15.1. The van der Waals surface area contributed by atoms with Crippen molar-refractivity contribution in [3.8, 4) is 0 Å². The molecule has 1 unspecified atom stereocenters. The van der Waals surface area contributed by atoms with Gasteiger partial charge < -0.3 is 9.42 Å². The van der Waals surface area contributed by atoms with Gasteiger partial charge in [-0.05, 0) is 50.5 Å². The van der Waals surface area contributed by atoms with Crippen molar-refractivity contribution in [1.29, 1.82) is 0 Å². The van der Waals surface area contributed by atoms with E-state index in [0.717, 1.165) is 48.9 Å². The molecule has 0 aromatic carbocycles. The summed E-state index contributed by atoms with van der Waals surface area (Å²) in [7, 11) is 0. The summed E-state index contributed by atoms with van der Waals surface area (Å²) in [5, 5.41) is 4.72. The van der Waals surface area contributed by atoms with E-state index in [-0.39, 0.29) is 11.9 Å². The minimum atomic E-state index is 0.0236. The number of hydrogen-bond donors (Lipinski definition) is 0. The first-order valence-corrected chi connectivity index (χ1v) is 9.09. The van der Waals surface area contributed by atoms with Gasteiger partial charge in [-0.3, -0.25) is 9.78 Å². The Bertz CT molecular complexity index is 936. The van der Waals surface area contributed by atoms with Crippen molar-refractivity contribution in [3.05, 3.63) is 53.1 Å². The fourth-order valence-electron chi connectivity index (χ4n) is 3.82. The Morgan fingerprint density at radius 1 is 1.19 bits per heavy atom. The number of aromatic nitrogens is 3. The largest absolute Gasteiger partial charge is 0.336 e. The normalized spacial score (nSPS) is 18.1. The van der Waals surface area contributed by atoms with Gasteiger partial charge in [-0.25, -0.2) is 4.98 Å². The van der Waals surface area contributed by atoms with Gasteiger partial charge in [0.25, 0.3) is 11.6 Å². The van der Waals surface area contributed by atoms with Gasteiger partial charge in [-0.1, -0.05) is 18.0 Å². The molecule has 3 aromatic heterocycles. The van der Waals surface area contributed by atoms with Gasteiger partial charge in [0.15, 0.2) is 0 Å². The highest BCUT2D eigenvalue weighted by molar-refractivity contribution is 6.06. The van der Waals surface area contributed by atoms with Crippen LogP contribution in [0.4, 0.5) is 0 Å². The molecular weight excluding hydrogens is 328 g/mol. The van der Waals surface area contributed by atoms with Crippen LogP contribution in [0.5, 0.6) is 0 Å². The average Bonchev–Trinajstić information content (AvgIpc) is 2.87. The summed E-state index contributed by atoms with van der Waals surface area (Å²) in [6, 6.07) is 5.93. The maximum atomic E-state index is 13.6. The number of carbonyl (C=O) groups excluding carboxylic acids is 1. The van der Waals surface area contributed by atoms with E-state index in [1.54, 1.807) is 12.4 Å². The van der Waals surface area contributed by atoms with Crippen LogP contribution in [0.15, 0.2) is 35.1 Å². The minimum Gasteiger partial charge on any atom is -0.336 e. The van der Waals surface area contributed by atoms with Crippen molar-refractivity contribution in [2.75, 3.05) is 6.54 Å². The molecule has 4 rings (SSSR count). The molecule has 26 heavy (non-hydrogen) atoms. The average molecular weight is 350 g/mol. The first-order valence-electron chi connectivity index (χ1n) is 9.09. The number of likely N-dealkylation sites (tertiary alicyclic amines) is 1. The van der Waals surface area contributed by atoms with Gasteiger partial charge in [0.2, 0.25) is 0 Å². The van der Waals surface area contributed by atoms with E-state index in [1.165, 1.54) is 0 Å². The fourth-order valence-corrected chi connectivity index (χ4v) is 3.82. The van der Waals surface area contributed by atoms with Crippen molar-refractivity contribution < 1.29 is 9.32 Å². The summed E-state index contributed by atoms with van der Waals surface area (Å²) >= 11 is 0. The molecule has 0 aliphatic carbocycles. The third-order valence-corrected chi connectivity index (χ3v) is 5.08. The van der Waals surface area contributed by atoms with Gasteiger partial charge in [0.1, 0.15) is 0 Å². The van der Waals surface area contributed by atoms with Gasteiger partial charge >= 0.3 is 0 Å². The van der Waals surface area contributed by atoms with Crippen molar-refractivity contribution in [1.82, 2.24) is 20.0 Å².